The summed E-state index contributed by atoms with van der Waals surface area (Å²) >= 11 is 0. The summed E-state index contributed by atoms with van der Waals surface area (Å²) in [6, 6.07) is 13.9. The number of pyridine rings is 1. The molecule has 1 aliphatic heterocycles. The standard InChI is InChI=1S/C29H31FN8/c1-6-18(2)38-16-25(36-37-38)28(19-7-9-22(30)10-8-19)35-23-11-20(13-31)26-24(12-23)27(21(14-32)15-33-26)34-17-29(3,4)5/h7-12,15-16,28,35-37H,2,6,17H2,1,3-5H3,(H,33,34)/t28-/m0/s1. The monoisotopic (exact) mass is 510 g/mol. The Kier molecular flexibility index (Phi) is 7.52. The second kappa shape index (κ2) is 10.8. The second-order valence-electron chi connectivity index (χ2n) is 10.3. The lowest BCUT2D eigenvalue weighted by molar-refractivity contribution is 0.327. The first kappa shape index (κ1) is 26.5. The van der Waals surface area contributed by atoms with E-state index in [9.17, 15) is 14.9 Å². The van der Waals surface area contributed by atoms with Crippen molar-refractivity contribution in [3.05, 3.63) is 89.3 Å². The molecule has 0 amide bonds. The van der Waals surface area contributed by atoms with Gasteiger partial charge < -0.3 is 16.1 Å². The number of nitriles is 2. The second-order valence-corrected chi connectivity index (χ2v) is 10.3. The topological polar surface area (TPSA) is 112 Å². The van der Waals surface area contributed by atoms with Gasteiger partial charge in [0.05, 0.1) is 34.1 Å². The van der Waals surface area contributed by atoms with Crippen LogP contribution in [0.15, 0.2) is 66.8 Å². The van der Waals surface area contributed by atoms with Gasteiger partial charge in [-0.1, -0.05) is 46.4 Å². The molecule has 0 aliphatic carbocycles. The van der Waals surface area contributed by atoms with Crippen molar-refractivity contribution in [2.45, 2.75) is 40.2 Å². The number of fused-ring (bicyclic) bond motifs is 1. The van der Waals surface area contributed by atoms with Crippen LogP contribution in [0, 0.1) is 33.9 Å². The van der Waals surface area contributed by atoms with Gasteiger partial charge in [0.25, 0.3) is 0 Å². The first-order valence-corrected chi connectivity index (χ1v) is 12.4. The van der Waals surface area contributed by atoms with Crippen LogP contribution in [-0.4, -0.2) is 16.5 Å². The molecule has 3 aromatic rings. The number of hydrogen-bond acceptors (Lipinski definition) is 8. The van der Waals surface area contributed by atoms with Gasteiger partial charge in [0.15, 0.2) is 0 Å². The van der Waals surface area contributed by atoms with Crippen molar-refractivity contribution in [2.75, 3.05) is 17.2 Å². The number of halogens is 1. The normalized spacial score (nSPS) is 13.8. The predicted molar refractivity (Wildman–Crippen MR) is 148 cm³/mol. The molecule has 2 heterocycles. The average Bonchev–Trinajstić information content (AvgIpc) is 3.39. The van der Waals surface area contributed by atoms with Gasteiger partial charge in [-0.25, -0.2) is 4.39 Å². The Morgan fingerprint density at radius 3 is 2.50 bits per heavy atom. The van der Waals surface area contributed by atoms with E-state index < -0.39 is 6.04 Å². The molecule has 0 bridgehead atoms. The molecule has 0 saturated carbocycles. The maximum atomic E-state index is 13.8. The van der Waals surface area contributed by atoms with E-state index in [-0.39, 0.29) is 11.2 Å². The molecule has 0 saturated heterocycles. The van der Waals surface area contributed by atoms with E-state index in [4.69, 9.17) is 0 Å². The Labute approximate surface area is 222 Å². The number of nitrogens with zero attached hydrogens (tertiary/aromatic N) is 4. The van der Waals surface area contributed by atoms with Crippen LogP contribution < -0.4 is 21.6 Å². The number of nitrogens with one attached hydrogen (secondary N) is 4. The van der Waals surface area contributed by atoms with Crippen molar-refractivity contribution in [1.29, 1.82) is 10.5 Å². The maximum Gasteiger partial charge on any atom is 0.123 e. The predicted octanol–water partition coefficient (Wildman–Crippen LogP) is 5.82. The van der Waals surface area contributed by atoms with Gasteiger partial charge in [-0.15, -0.1) is 5.53 Å². The van der Waals surface area contributed by atoms with E-state index in [1.165, 1.54) is 18.3 Å². The fraction of sp³-hybridized carbons (Fsp3) is 0.276. The molecule has 38 heavy (non-hydrogen) atoms. The van der Waals surface area contributed by atoms with Crippen LogP contribution in [0.1, 0.15) is 56.8 Å². The fourth-order valence-electron chi connectivity index (χ4n) is 4.08. The molecular formula is C29H31FN8. The molecule has 0 radical (unpaired) electrons. The third-order valence-corrected chi connectivity index (χ3v) is 6.17. The minimum Gasteiger partial charge on any atom is -0.383 e. The van der Waals surface area contributed by atoms with Crippen LogP contribution >= 0.6 is 0 Å². The number of anilines is 2. The number of hydrazine groups is 2. The lowest BCUT2D eigenvalue weighted by atomic mass is 9.96. The fourth-order valence-corrected chi connectivity index (χ4v) is 4.08. The molecule has 194 valence electrons. The lowest BCUT2D eigenvalue weighted by Gasteiger charge is -2.23. The number of allylic oxidation sites excluding steroid dienone is 1. The van der Waals surface area contributed by atoms with Gasteiger partial charge in [0, 0.05) is 35.7 Å². The van der Waals surface area contributed by atoms with Gasteiger partial charge >= 0.3 is 0 Å². The quantitative estimate of drug-likeness (QED) is 0.300. The van der Waals surface area contributed by atoms with Gasteiger partial charge in [0.2, 0.25) is 0 Å². The van der Waals surface area contributed by atoms with Crippen LogP contribution in [0.4, 0.5) is 15.8 Å². The zero-order chi connectivity index (χ0) is 27.4. The third-order valence-electron chi connectivity index (χ3n) is 6.17. The highest BCUT2D eigenvalue weighted by atomic mass is 19.1. The van der Waals surface area contributed by atoms with E-state index in [1.807, 2.05) is 19.2 Å². The molecule has 1 atom stereocenters. The van der Waals surface area contributed by atoms with Crippen molar-refractivity contribution in [1.82, 2.24) is 21.0 Å². The Morgan fingerprint density at radius 2 is 1.87 bits per heavy atom. The molecule has 1 aromatic heterocycles. The summed E-state index contributed by atoms with van der Waals surface area (Å²) in [6.45, 7) is 13.0. The molecule has 1 aliphatic rings. The number of rotatable bonds is 8. The Morgan fingerprint density at radius 1 is 1.16 bits per heavy atom. The summed E-state index contributed by atoms with van der Waals surface area (Å²) in [5.41, 5.74) is 11.2. The molecule has 0 spiro atoms. The summed E-state index contributed by atoms with van der Waals surface area (Å²) in [7, 11) is 0. The summed E-state index contributed by atoms with van der Waals surface area (Å²) < 4.78 is 13.8. The summed E-state index contributed by atoms with van der Waals surface area (Å²) in [5.74, 6) is -0.331. The van der Waals surface area contributed by atoms with E-state index >= 15 is 0 Å². The molecule has 4 rings (SSSR count). The summed E-state index contributed by atoms with van der Waals surface area (Å²) in [4.78, 5) is 4.43. The maximum absolute atomic E-state index is 13.8. The van der Waals surface area contributed by atoms with Gasteiger partial charge in [-0.2, -0.15) is 10.5 Å². The highest BCUT2D eigenvalue weighted by Crippen LogP contribution is 2.34. The largest absolute Gasteiger partial charge is 0.383 e. The van der Waals surface area contributed by atoms with E-state index in [2.05, 4.69) is 66.1 Å². The van der Waals surface area contributed by atoms with Gasteiger partial charge in [-0.3, -0.25) is 9.99 Å². The lowest BCUT2D eigenvalue weighted by Crippen LogP contribution is -2.36. The third kappa shape index (κ3) is 5.69. The first-order chi connectivity index (χ1) is 18.1. The SMILES string of the molecule is C=C(CC)N1C=C([C@@H](Nc2cc(C#N)c3ncc(C#N)c(NCC(C)(C)C)c3c2)c2ccc(F)cc2)NN1. The van der Waals surface area contributed by atoms with E-state index in [1.54, 1.807) is 23.2 Å². The summed E-state index contributed by atoms with van der Waals surface area (Å²) in [5, 5.41) is 29.1. The van der Waals surface area contributed by atoms with Crippen LogP contribution in [0.25, 0.3) is 10.9 Å². The zero-order valence-electron chi connectivity index (χ0n) is 22.0. The summed E-state index contributed by atoms with van der Waals surface area (Å²) in [6.07, 6.45) is 4.14. The Balaban J connectivity index is 1.82. The van der Waals surface area contributed by atoms with Gasteiger partial charge in [0.1, 0.15) is 18.0 Å². The average molecular weight is 511 g/mol. The van der Waals surface area contributed by atoms with Crippen LogP contribution in [0.2, 0.25) is 0 Å². The van der Waals surface area contributed by atoms with E-state index in [0.29, 0.717) is 39.9 Å². The highest BCUT2D eigenvalue weighted by Gasteiger charge is 2.24. The zero-order valence-corrected chi connectivity index (χ0v) is 22.0. The minimum atomic E-state index is -0.417. The molecule has 0 fully saturated rings. The molecule has 4 N–H and O–H groups in total. The van der Waals surface area contributed by atoms with Crippen molar-refractivity contribution in [2.24, 2.45) is 5.41 Å². The van der Waals surface area contributed by atoms with Crippen LogP contribution in [0.5, 0.6) is 0 Å². The van der Waals surface area contributed by atoms with Crippen molar-refractivity contribution in [3.63, 3.8) is 0 Å². The molecule has 8 nitrogen and oxygen atoms in total. The van der Waals surface area contributed by atoms with Crippen LogP contribution in [-0.2, 0) is 0 Å². The smallest absolute Gasteiger partial charge is 0.123 e. The van der Waals surface area contributed by atoms with Gasteiger partial charge in [-0.05, 0) is 41.7 Å². The highest BCUT2D eigenvalue weighted by molar-refractivity contribution is 5.99. The van der Waals surface area contributed by atoms with Crippen LogP contribution in [0.3, 0.4) is 0 Å². The van der Waals surface area contributed by atoms with Crippen molar-refractivity contribution in [3.8, 4) is 12.1 Å². The number of aromatic nitrogens is 1. The molecule has 2 aromatic carbocycles. The van der Waals surface area contributed by atoms with Crippen molar-refractivity contribution >= 4 is 22.3 Å². The van der Waals surface area contributed by atoms with E-state index in [0.717, 1.165) is 23.4 Å². The minimum absolute atomic E-state index is 0.0358. The molecule has 0 unspecified atom stereocenters. The van der Waals surface area contributed by atoms with Crippen molar-refractivity contribution < 1.29 is 4.39 Å². The number of benzene rings is 2. The number of hydrogen-bond donors (Lipinski definition) is 4. The first-order valence-electron chi connectivity index (χ1n) is 12.4. The molecule has 9 heteroatoms. The Hall–Kier alpha value is -4.60. The molecular weight excluding hydrogens is 479 g/mol. The Bertz CT molecular complexity index is 1470.